The Labute approximate surface area is 191 Å². The number of amidine groups is 1. The molecule has 1 aromatic heterocycles. The molecule has 0 aliphatic rings. The Morgan fingerprint density at radius 2 is 1.42 bits per heavy atom. The second-order valence-corrected chi connectivity index (χ2v) is 7.75. The predicted molar refractivity (Wildman–Crippen MR) is 134 cm³/mol. The van der Waals surface area contributed by atoms with Crippen molar-refractivity contribution in [3.63, 3.8) is 0 Å². The molecular weight excluding hydrogens is 410 g/mol. The fourth-order valence-corrected chi connectivity index (χ4v) is 3.95. The van der Waals surface area contributed by atoms with Gasteiger partial charge in [-0.15, -0.1) is 0 Å². The van der Waals surface area contributed by atoms with Gasteiger partial charge in [-0.25, -0.2) is 4.99 Å². The van der Waals surface area contributed by atoms with Gasteiger partial charge in [0, 0.05) is 29.1 Å². The van der Waals surface area contributed by atoms with Crippen LogP contribution in [0, 0.1) is 0 Å². The number of aromatic hydroxyl groups is 2. The van der Waals surface area contributed by atoms with E-state index in [2.05, 4.69) is 5.32 Å². The van der Waals surface area contributed by atoms with Gasteiger partial charge in [0.25, 0.3) is 0 Å². The van der Waals surface area contributed by atoms with E-state index in [9.17, 15) is 10.2 Å². The smallest absolute Gasteiger partial charge is 0.202 e. The Bertz CT molecular complexity index is 1420. The van der Waals surface area contributed by atoms with E-state index in [1.165, 1.54) is 4.57 Å². The van der Waals surface area contributed by atoms with E-state index in [0.29, 0.717) is 23.5 Å². The van der Waals surface area contributed by atoms with Crippen LogP contribution in [0.5, 0.6) is 11.8 Å². The monoisotopic (exact) mass is 433 g/mol. The van der Waals surface area contributed by atoms with Gasteiger partial charge in [0.1, 0.15) is 5.84 Å². The first-order valence-electron chi connectivity index (χ1n) is 10.7. The number of nitrogens with zero attached hydrogens (tertiary/aromatic N) is 2. The molecule has 0 radical (unpaired) electrons. The van der Waals surface area contributed by atoms with Crippen LogP contribution in [-0.4, -0.2) is 20.6 Å². The summed E-state index contributed by atoms with van der Waals surface area (Å²) in [5.41, 5.74) is 2.97. The molecule has 0 saturated carbocycles. The number of benzene rings is 4. The van der Waals surface area contributed by atoms with Gasteiger partial charge in [-0.1, -0.05) is 72.8 Å². The summed E-state index contributed by atoms with van der Waals surface area (Å²) in [5.74, 6) is 0.606. The second-order valence-electron chi connectivity index (χ2n) is 7.75. The van der Waals surface area contributed by atoms with E-state index < -0.39 is 0 Å². The number of aromatic nitrogens is 1. The number of para-hydroxylation sites is 2. The lowest BCUT2D eigenvalue weighted by molar-refractivity contribution is 0.401. The minimum atomic E-state index is -0.0300. The quantitative estimate of drug-likeness (QED) is 0.221. The standard InChI is InChI=1S/C28H23N3O2/c32-27-19-21(28(33)31(27)25-17-9-11-20-10-7-8-16-24(20)25)18-26(29-22-12-3-1-4-13-22)30-23-14-5-2-6-15-23/h1-17,19,32-33H,18H2,(H,29,30). The Balaban J connectivity index is 1.55. The summed E-state index contributed by atoms with van der Waals surface area (Å²) in [4.78, 5) is 4.76. The fourth-order valence-electron chi connectivity index (χ4n) is 3.95. The second kappa shape index (κ2) is 8.93. The van der Waals surface area contributed by atoms with Crippen molar-refractivity contribution in [2.75, 3.05) is 5.32 Å². The normalized spacial score (nSPS) is 11.6. The lowest BCUT2D eigenvalue weighted by Crippen LogP contribution is -2.14. The van der Waals surface area contributed by atoms with Gasteiger partial charge < -0.3 is 15.5 Å². The number of aliphatic imine (C=N–C) groups is 1. The zero-order chi connectivity index (χ0) is 22.6. The molecule has 5 heteroatoms. The molecule has 0 aliphatic carbocycles. The van der Waals surface area contributed by atoms with E-state index in [4.69, 9.17) is 4.99 Å². The first-order chi connectivity index (χ1) is 16.2. The van der Waals surface area contributed by atoms with Crippen LogP contribution in [0.3, 0.4) is 0 Å². The molecule has 0 atom stereocenters. The molecule has 5 aromatic rings. The van der Waals surface area contributed by atoms with Crippen molar-refractivity contribution in [2.45, 2.75) is 6.42 Å². The lowest BCUT2D eigenvalue weighted by atomic mass is 10.1. The van der Waals surface area contributed by atoms with E-state index >= 15 is 0 Å². The highest BCUT2D eigenvalue weighted by atomic mass is 16.3. The third kappa shape index (κ3) is 4.29. The van der Waals surface area contributed by atoms with Crippen LogP contribution in [0.15, 0.2) is 114 Å². The zero-order valence-electron chi connectivity index (χ0n) is 17.9. The summed E-state index contributed by atoms with van der Waals surface area (Å²) < 4.78 is 1.47. The number of anilines is 1. The molecule has 4 aromatic carbocycles. The van der Waals surface area contributed by atoms with Crippen molar-refractivity contribution in [2.24, 2.45) is 4.99 Å². The molecule has 5 nitrogen and oxygen atoms in total. The van der Waals surface area contributed by atoms with Gasteiger partial charge >= 0.3 is 0 Å². The summed E-state index contributed by atoms with van der Waals surface area (Å²) in [6.45, 7) is 0. The highest BCUT2D eigenvalue weighted by molar-refractivity contribution is 5.99. The first-order valence-corrected chi connectivity index (χ1v) is 10.7. The van der Waals surface area contributed by atoms with Crippen molar-refractivity contribution in [3.8, 4) is 17.4 Å². The third-order valence-electron chi connectivity index (χ3n) is 5.48. The van der Waals surface area contributed by atoms with E-state index in [1.807, 2.05) is 103 Å². The van der Waals surface area contributed by atoms with Crippen LogP contribution >= 0.6 is 0 Å². The highest BCUT2D eigenvalue weighted by Crippen LogP contribution is 2.35. The van der Waals surface area contributed by atoms with Gasteiger partial charge in [0.05, 0.1) is 11.4 Å². The van der Waals surface area contributed by atoms with Gasteiger partial charge in [-0.2, -0.15) is 0 Å². The van der Waals surface area contributed by atoms with E-state index in [1.54, 1.807) is 6.07 Å². The fraction of sp³-hybridized carbons (Fsp3) is 0.0357. The van der Waals surface area contributed by atoms with Crippen LogP contribution in [-0.2, 0) is 6.42 Å². The molecule has 0 saturated heterocycles. The highest BCUT2D eigenvalue weighted by Gasteiger charge is 2.19. The number of fused-ring (bicyclic) bond motifs is 1. The Morgan fingerprint density at radius 1 is 0.758 bits per heavy atom. The molecule has 1 heterocycles. The molecule has 0 bridgehead atoms. The van der Waals surface area contributed by atoms with Crippen molar-refractivity contribution >= 4 is 28.0 Å². The minimum Gasteiger partial charge on any atom is -0.494 e. The topological polar surface area (TPSA) is 69.8 Å². The maximum atomic E-state index is 11.1. The van der Waals surface area contributed by atoms with E-state index in [0.717, 1.165) is 22.1 Å². The number of rotatable bonds is 5. The van der Waals surface area contributed by atoms with Gasteiger partial charge in [-0.05, 0) is 35.7 Å². The minimum absolute atomic E-state index is 0.0144. The molecule has 0 amide bonds. The number of nitrogens with one attached hydrogen (secondary N) is 1. The number of hydrogen-bond acceptors (Lipinski definition) is 3. The van der Waals surface area contributed by atoms with Crippen molar-refractivity contribution < 1.29 is 10.2 Å². The first kappa shape index (κ1) is 20.4. The summed E-state index contributed by atoms with van der Waals surface area (Å²) in [7, 11) is 0. The molecule has 0 unspecified atom stereocenters. The predicted octanol–water partition coefficient (Wildman–Crippen LogP) is 6.43. The average Bonchev–Trinajstić information content (AvgIpc) is 3.12. The molecule has 0 fully saturated rings. The number of hydrogen-bond donors (Lipinski definition) is 3. The molecule has 162 valence electrons. The summed E-state index contributed by atoms with van der Waals surface area (Å²) >= 11 is 0. The molecule has 3 N–H and O–H groups in total. The molecule has 5 rings (SSSR count). The zero-order valence-corrected chi connectivity index (χ0v) is 17.9. The SMILES string of the molecule is Oc1cc(CC(=Nc2ccccc2)Nc2ccccc2)c(O)n1-c1cccc2ccccc12. The Kier molecular flexibility index (Phi) is 5.52. The molecular formula is C28H23N3O2. The molecule has 0 aliphatic heterocycles. The summed E-state index contributed by atoms with van der Waals surface area (Å²) in [5, 5.41) is 27.2. The third-order valence-corrected chi connectivity index (χ3v) is 5.48. The maximum absolute atomic E-state index is 11.1. The Morgan fingerprint density at radius 3 is 2.21 bits per heavy atom. The van der Waals surface area contributed by atoms with Crippen LogP contribution in [0.4, 0.5) is 11.4 Å². The van der Waals surface area contributed by atoms with Crippen LogP contribution in [0.25, 0.3) is 16.5 Å². The largest absolute Gasteiger partial charge is 0.494 e. The lowest BCUT2D eigenvalue weighted by Gasteiger charge is -2.12. The van der Waals surface area contributed by atoms with Gasteiger partial charge in [0.2, 0.25) is 5.88 Å². The van der Waals surface area contributed by atoms with Gasteiger partial charge in [0.15, 0.2) is 5.88 Å². The van der Waals surface area contributed by atoms with E-state index in [-0.39, 0.29) is 11.8 Å². The Hall–Kier alpha value is -4.51. The van der Waals surface area contributed by atoms with Crippen molar-refractivity contribution in [1.82, 2.24) is 4.57 Å². The summed E-state index contributed by atoms with van der Waals surface area (Å²) in [6.07, 6.45) is 0.306. The molecule has 0 spiro atoms. The van der Waals surface area contributed by atoms with Crippen LogP contribution in [0.2, 0.25) is 0 Å². The van der Waals surface area contributed by atoms with Crippen LogP contribution in [0.1, 0.15) is 5.56 Å². The van der Waals surface area contributed by atoms with Crippen LogP contribution < -0.4 is 5.32 Å². The van der Waals surface area contributed by atoms with Crippen molar-refractivity contribution in [3.05, 3.63) is 115 Å². The van der Waals surface area contributed by atoms with Gasteiger partial charge in [-0.3, -0.25) is 4.57 Å². The average molecular weight is 434 g/mol. The van der Waals surface area contributed by atoms with Crippen molar-refractivity contribution in [1.29, 1.82) is 0 Å². The summed E-state index contributed by atoms with van der Waals surface area (Å²) in [6, 6.07) is 34.7. The molecule has 33 heavy (non-hydrogen) atoms. The maximum Gasteiger partial charge on any atom is 0.202 e.